The number of amides is 2. The lowest BCUT2D eigenvalue weighted by Gasteiger charge is -2.24. The number of carbonyl (C=O) groups is 3. The van der Waals surface area contributed by atoms with Crippen LogP contribution in [0.5, 0.6) is 11.5 Å². The monoisotopic (exact) mass is 396 g/mol. The standard InChI is InChI=1S/C21H20N2O6/c1-12-9-14(5-6-15(12)21(26)27)22-19(24)16-3-2-8-23(16)20(25)13-4-7-17-18(10-13)29-11-28-17/h4-7,9-10,16H,2-3,8,11H2,1H3,(H,22,24)(H,26,27). The summed E-state index contributed by atoms with van der Waals surface area (Å²) in [5.41, 5.74) is 1.67. The molecule has 1 fully saturated rings. The van der Waals surface area contributed by atoms with Crippen molar-refractivity contribution in [2.45, 2.75) is 25.8 Å². The summed E-state index contributed by atoms with van der Waals surface area (Å²) in [6, 6.07) is 9.01. The number of benzene rings is 2. The van der Waals surface area contributed by atoms with E-state index < -0.39 is 12.0 Å². The van der Waals surface area contributed by atoms with E-state index in [4.69, 9.17) is 14.6 Å². The summed E-state index contributed by atoms with van der Waals surface area (Å²) in [7, 11) is 0. The van der Waals surface area contributed by atoms with Gasteiger partial charge in [0.05, 0.1) is 5.56 Å². The minimum Gasteiger partial charge on any atom is -0.478 e. The number of aromatic carboxylic acids is 1. The van der Waals surface area contributed by atoms with Crippen LogP contribution in [0.3, 0.4) is 0 Å². The first-order chi connectivity index (χ1) is 13.9. The molecule has 1 saturated heterocycles. The Morgan fingerprint density at radius 1 is 1.10 bits per heavy atom. The number of ether oxygens (including phenoxy) is 2. The highest BCUT2D eigenvalue weighted by Gasteiger charge is 2.35. The van der Waals surface area contributed by atoms with Gasteiger partial charge in [0.25, 0.3) is 5.91 Å². The average Bonchev–Trinajstić information content (AvgIpc) is 3.36. The third-order valence-corrected chi connectivity index (χ3v) is 5.16. The second-order valence-electron chi connectivity index (χ2n) is 7.05. The number of hydrogen-bond donors (Lipinski definition) is 2. The maximum atomic E-state index is 13.0. The van der Waals surface area contributed by atoms with Crippen molar-refractivity contribution in [3.63, 3.8) is 0 Å². The number of nitrogens with zero attached hydrogens (tertiary/aromatic N) is 1. The maximum Gasteiger partial charge on any atom is 0.335 e. The minimum atomic E-state index is -1.02. The van der Waals surface area contributed by atoms with Gasteiger partial charge in [0.2, 0.25) is 12.7 Å². The molecule has 8 nitrogen and oxygen atoms in total. The van der Waals surface area contributed by atoms with Crippen LogP contribution in [0.1, 0.15) is 39.1 Å². The number of carbonyl (C=O) groups excluding carboxylic acids is 2. The van der Waals surface area contributed by atoms with Gasteiger partial charge in [-0.2, -0.15) is 0 Å². The van der Waals surface area contributed by atoms with Crippen molar-refractivity contribution in [3.05, 3.63) is 53.1 Å². The second kappa shape index (κ2) is 7.46. The summed E-state index contributed by atoms with van der Waals surface area (Å²) in [4.78, 5) is 38.5. The summed E-state index contributed by atoms with van der Waals surface area (Å²) < 4.78 is 10.6. The number of carboxylic acids is 1. The summed E-state index contributed by atoms with van der Waals surface area (Å²) in [5, 5.41) is 11.9. The molecule has 1 atom stereocenters. The lowest BCUT2D eigenvalue weighted by atomic mass is 10.1. The fourth-order valence-corrected chi connectivity index (χ4v) is 3.68. The molecule has 0 spiro atoms. The number of rotatable bonds is 4. The highest BCUT2D eigenvalue weighted by Crippen LogP contribution is 2.33. The third kappa shape index (κ3) is 3.61. The smallest absolute Gasteiger partial charge is 0.335 e. The molecule has 29 heavy (non-hydrogen) atoms. The van der Waals surface area contributed by atoms with Crippen LogP contribution in [0.25, 0.3) is 0 Å². The molecule has 2 amide bonds. The lowest BCUT2D eigenvalue weighted by molar-refractivity contribution is -0.119. The maximum absolute atomic E-state index is 13.0. The van der Waals surface area contributed by atoms with Crippen molar-refractivity contribution in [2.24, 2.45) is 0 Å². The molecule has 1 unspecified atom stereocenters. The summed E-state index contributed by atoms with van der Waals surface area (Å²) in [6.45, 7) is 2.29. The van der Waals surface area contributed by atoms with Crippen molar-refractivity contribution >= 4 is 23.5 Å². The van der Waals surface area contributed by atoms with Crippen LogP contribution in [0.15, 0.2) is 36.4 Å². The van der Waals surface area contributed by atoms with Crippen LogP contribution in [0.2, 0.25) is 0 Å². The van der Waals surface area contributed by atoms with Gasteiger partial charge in [-0.25, -0.2) is 4.79 Å². The number of anilines is 1. The van der Waals surface area contributed by atoms with Crippen LogP contribution in [0.4, 0.5) is 5.69 Å². The van der Waals surface area contributed by atoms with Crippen molar-refractivity contribution in [3.8, 4) is 11.5 Å². The fourth-order valence-electron chi connectivity index (χ4n) is 3.68. The van der Waals surface area contributed by atoms with E-state index in [0.29, 0.717) is 41.3 Å². The van der Waals surface area contributed by atoms with Gasteiger partial charge in [-0.3, -0.25) is 9.59 Å². The molecule has 0 aliphatic carbocycles. The Morgan fingerprint density at radius 3 is 2.66 bits per heavy atom. The van der Waals surface area contributed by atoms with Crippen LogP contribution < -0.4 is 14.8 Å². The summed E-state index contributed by atoms with van der Waals surface area (Å²) in [6.07, 6.45) is 1.29. The van der Waals surface area contributed by atoms with Gasteiger partial charge in [0.1, 0.15) is 6.04 Å². The van der Waals surface area contributed by atoms with Gasteiger partial charge in [-0.05, 0) is 61.7 Å². The Kier molecular flexibility index (Phi) is 4.84. The Labute approximate surface area is 167 Å². The van der Waals surface area contributed by atoms with E-state index in [-0.39, 0.29) is 24.2 Å². The van der Waals surface area contributed by atoms with Crippen LogP contribution in [0, 0.1) is 6.92 Å². The number of likely N-dealkylation sites (tertiary alicyclic amines) is 1. The highest BCUT2D eigenvalue weighted by molar-refractivity contribution is 6.02. The van der Waals surface area contributed by atoms with E-state index in [9.17, 15) is 14.4 Å². The predicted molar refractivity (Wildman–Crippen MR) is 103 cm³/mol. The van der Waals surface area contributed by atoms with Gasteiger partial charge in [0, 0.05) is 17.8 Å². The number of nitrogens with one attached hydrogen (secondary N) is 1. The van der Waals surface area contributed by atoms with Crippen LogP contribution in [-0.4, -0.2) is 47.2 Å². The molecule has 0 bridgehead atoms. The molecule has 0 aromatic heterocycles. The summed E-state index contributed by atoms with van der Waals surface area (Å²) in [5.74, 6) is -0.434. The van der Waals surface area contributed by atoms with Gasteiger partial charge in [-0.15, -0.1) is 0 Å². The second-order valence-corrected chi connectivity index (χ2v) is 7.05. The normalized spacial score (nSPS) is 17.3. The Hall–Kier alpha value is -3.55. The van der Waals surface area contributed by atoms with E-state index in [0.717, 1.165) is 6.42 Å². The van der Waals surface area contributed by atoms with Crippen LogP contribution >= 0.6 is 0 Å². The fraction of sp³-hybridized carbons (Fsp3) is 0.286. The van der Waals surface area contributed by atoms with Crippen molar-refractivity contribution in [2.75, 3.05) is 18.7 Å². The molecule has 0 saturated carbocycles. The minimum absolute atomic E-state index is 0.127. The van der Waals surface area contributed by atoms with Crippen molar-refractivity contribution < 1.29 is 29.0 Å². The van der Waals surface area contributed by atoms with Gasteiger partial charge >= 0.3 is 5.97 Å². The first kappa shape index (κ1) is 18.8. The Morgan fingerprint density at radius 2 is 1.90 bits per heavy atom. The first-order valence-electron chi connectivity index (χ1n) is 9.29. The highest BCUT2D eigenvalue weighted by atomic mass is 16.7. The molecule has 150 valence electrons. The quantitative estimate of drug-likeness (QED) is 0.823. The van der Waals surface area contributed by atoms with Gasteiger partial charge in [-0.1, -0.05) is 0 Å². The zero-order valence-electron chi connectivity index (χ0n) is 15.8. The molecule has 2 N–H and O–H groups in total. The topological polar surface area (TPSA) is 105 Å². The molecule has 2 aromatic rings. The molecule has 2 heterocycles. The molecule has 2 aromatic carbocycles. The number of carboxylic acid groups (broad SMARTS) is 1. The van der Waals surface area contributed by atoms with E-state index in [1.54, 1.807) is 42.2 Å². The lowest BCUT2D eigenvalue weighted by Crippen LogP contribution is -2.43. The number of hydrogen-bond acceptors (Lipinski definition) is 5. The largest absolute Gasteiger partial charge is 0.478 e. The number of fused-ring (bicyclic) bond motifs is 1. The van der Waals surface area contributed by atoms with Crippen molar-refractivity contribution in [1.82, 2.24) is 4.90 Å². The average molecular weight is 396 g/mol. The first-order valence-corrected chi connectivity index (χ1v) is 9.29. The van der Waals surface area contributed by atoms with Crippen molar-refractivity contribution in [1.29, 1.82) is 0 Å². The Balaban J connectivity index is 1.49. The SMILES string of the molecule is Cc1cc(NC(=O)C2CCCN2C(=O)c2ccc3c(c2)OCO3)ccc1C(=O)O. The van der Waals surface area contributed by atoms with E-state index in [1.807, 2.05) is 0 Å². The summed E-state index contributed by atoms with van der Waals surface area (Å²) >= 11 is 0. The molecule has 0 radical (unpaired) electrons. The zero-order chi connectivity index (χ0) is 20.5. The van der Waals surface area contributed by atoms with Gasteiger partial charge in [0.15, 0.2) is 11.5 Å². The van der Waals surface area contributed by atoms with Crippen LogP contribution in [-0.2, 0) is 4.79 Å². The number of aryl methyl sites for hydroxylation is 1. The predicted octanol–water partition coefficient (Wildman–Crippen LogP) is 2.67. The molecular formula is C21H20N2O6. The molecule has 8 heteroatoms. The Bertz CT molecular complexity index is 1000. The third-order valence-electron chi connectivity index (χ3n) is 5.16. The van der Waals surface area contributed by atoms with E-state index in [1.165, 1.54) is 6.07 Å². The molecule has 2 aliphatic rings. The zero-order valence-corrected chi connectivity index (χ0v) is 15.8. The molecular weight excluding hydrogens is 376 g/mol. The van der Waals surface area contributed by atoms with E-state index >= 15 is 0 Å². The molecule has 2 aliphatic heterocycles. The van der Waals surface area contributed by atoms with E-state index in [2.05, 4.69) is 5.32 Å². The molecule has 4 rings (SSSR count). The van der Waals surface area contributed by atoms with Gasteiger partial charge < -0.3 is 24.8 Å².